The molecule has 0 saturated carbocycles. The van der Waals surface area contributed by atoms with Crippen molar-refractivity contribution in [1.29, 1.82) is 0 Å². The van der Waals surface area contributed by atoms with Gasteiger partial charge in [-0.3, -0.25) is 4.57 Å². The topological polar surface area (TPSA) is 56.7 Å². The maximum absolute atomic E-state index is 5.55. The molecule has 1 aromatic carbocycles. The Bertz CT molecular complexity index is 467. The average molecular weight is 216 g/mol. The van der Waals surface area contributed by atoms with Gasteiger partial charge in [-0.25, -0.2) is 0 Å². The van der Waals surface area contributed by atoms with Crippen LogP contribution in [0.1, 0.15) is 17.0 Å². The van der Waals surface area contributed by atoms with Gasteiger partial charge in [-0.05, 0) is 43.7 Å². The van der Waals surface area contributed by atoms with E-state index in [0.29, 0.717) is 6.54 Å². The molecule has 0 aliphatic carbocycles. The first-order valence-corrected chi connectivity index (χ1v) is 5.38. The van der Waals surface area contributed by atoms with E-state index in [9.17, 15) is 0 Å². The molecule has 0 fully saturated rings. The van der Waals surface area contributed by atoms with Crippen LogP contribution in [0.15, 0.2) is 24.5 Å². The predicted molar refractivity (Wildman–Crippen MR) is 63.6 cm³/mol. The van der Waals surface area contributed by atoms with Gasteiger partial charge in [0.05, 0.1) is 0 Å². The van der Waals surface area contributed by atoms with Crippen molar-refractivity contribution in [2.45, 2.75) is 20.3 Å². The fourth-order valence-corrected chi connectivity index (χ4v) is 1.86. The molecule has 0 spiro atoms. The monoisotopic (exact) mass is 216 g/mol. The molecule has 1 heterocycles. The largest absolute Gasteiger partial charge is 0.330 e. The molecule has 16 heavy (non-hydrogen) atoms. The van der Waals surface area contributed by atoms with Gasteiger partial charge in [0.25, 0.3) is 0 Å². The third kappa shape index (κ3) is 2.12. The van der Waals surface area contributed by atoms with Crippen LogP contribution in [0.5, 0.6) is 0 Å². The zero-order valence-electron chi connectivity index (χ0n) is 9.64. The second kappa shape index (κ2) is 4.45. The smallest absolute Gasteiger partial charge is 0.138 e. The van der Waals surface area contributed by atoms with E-state index < -0.39 is 0 Å². The summed E-state index contributed by atoms with van der Waals surface area (Å²) in [5.74, 6) is 0.910. The summed E-state index contributed by atoms with van der Waals surface area (Å²) in [7, 11) is 0. The number of benzene rings is 1. The second-order valence-electron chi connectivity index (χ2n) is 4.00. The van der Waals surface area contributed by atoms with E-state index >= 15 is 0 Å². The summed E-state index contributed by atoms with van der Waals surface area (Å²) in [6.07, 6.45) is 2.48. The van der Waals surface area contributed by atoms with Gasteiger partial charge in [0, 0.05) is 12.1 Å². The quantitative estimate of drug-likeness (QED) is 0.843. The highest BCUT2D eigenvalue weighted by molar-refractivity contribution is 5.39. The summed E-state index contributed by atoms with van der Waals surface area (Å²) in [6.45, 7) is 4.76. The first-order valence-electron chi connectivity index (χ1n) is 5.38. The van der Waals surface area contributed by atoms with Gasteiger partial charge in [0.1, 0.15) is 12.2 Å². The number of aryl methyl sites for hydroxylation is 2. The Morgan fingerprint density at radius 2 is 1.88 bits per heavy atom. The zero-order valence-corrected chi connectivity index (χ0v) is 9.64. The van der Waals surface area contributed by atoms with Crippen LogP contribution in [0.25, 0.3) is 5.69 Å². The molecule has 0 atom stereocenters. The van der Waals surface area contributed by atoms with Crippen LogP contribution < -0.4 is 5.73 Å². The minimum atomic E-state index is 0.587. The van der Waals surface area contributed by atoms with Crippen LogP contribution in [-0.4, -0.2) is 21.3 Å². The van der Waals surface area contributed by atoms with Gasteiger partial charge < -0.3 is 5.73 Å². The molecule has 0 radical (unpaired) electrons. The molecule has 0 unspecified atom stereocenters. The third-order valence-corrected chi connectivity index (χ3v) is 2.47. The lowest BCUT2D eigenvalue weighted by atomic mass is 10.1. The van der Waals surface area contributed by atoms with Crippen molar-refractivity contribution in [3.8, 4) is 5.69 Å². The Hall–Kier alpha value is -1.68. The predicted octanol–water partition coefficient (Wildman–Crippen LogP) is 1.39. The zero-order chi connectivity index (χ0) is 11.5. The number of aromatic nitrogens is 3. The molecular weight excluding hydrogens is 200 g/mol. The van der Waals surface area contributed by atoms with E-state index in [-0.39, 0.29) is 0 Å². The van der Waals surface area contributed by atoms with Gasteiger partial charge in [-0.1, -0.05) is 6.07 Å². The molecule has 4 nitrogen and oxygen atoms in total. The fourth-order valence-electron chi connectivity index (χ4n) is 1.86. The Balaban J connectivity index is 2.45. The van der Waals surface area contributed by atoms with E-state index in [1.807, 2.05) is 4.57 Å². The lowest BCUT2D eigenvalue weighted by Crippen LogP contribution is -2.08. The molecule has 0 amide bonds. The summed E-state index contributed by atoms with van der Waals surface area (Å²) in [5, 5.41) is 8.01. The summed E-state index contributed by atoms with van der Waals surface area (Å²) in [5.41, 5.74) is 9.12. The van der Waals surface area contributed by atoms with E-state index in [1.165, 1.54) is 11.1 Å². The van der Waals surface area contributed by atoms with Gasteiger partial charge in [-0.2, -0.15) is 0 Å². The van der Waals surface area contributed by atoms with Crippen molar-refractivity contribution in [2.75, 3.05) is 6.54 Å². The van der Waals surface area contributed by atoms with Gasteiger partial charge in [0.15, 0.2) is 0 Å². The molecule has 2 N–H and O–H groups in total. The standard InChI is InChI=1S/C12H16N4/c1-9-5-10(2)7-11(6-9)16-8-14-15-12(16)3-4-13/h5-8H,3-4,13H2,1-2H3. The van der Waals surface area contributed by atoms with Crippen LogP contribution in [0.4, 0.5) is 0 Å². The Morgan fingerprint density at radius 3 is 2.50 bits per heavy atom. The molecule has 0 aliphatic rings. The number of rotatable bonds is 3. The summed E-state index contributed by atoms with van der Waals surface area (Å²) >= 11 is 0. The van der Waals surface area contributed by atoms with Crippen molar-refractivity contribution in [3.63, 3.8) is 0 Å². The molecule has 4 heteroatoms. The molecule has 0 aliphatic heterocycles. The maximum atomic E-state index is 5.55. The normalized spacial score (nSPS) is 10.7. The van der Waals surface area contributed by atoms with E-state index in [2.05, 4.69) is 42.2 Å². The molecule has 84 valence electrons. The molecule has 0 saturated heterocycles. The molecule has 2 aromatic rings. The van der Waals surface area contributed by atoms with E-state index in [4.69, 9.17) is 5.73 Å². The first-order chi connectivity index (χ1) is 7.70. The van der Waals surface area contributed by atoms with E-state index in [0.717, 1.165) is 17.9 Å². The van der Waals surface area contributed by atoms with Crippen LogP contribution in [-0.2, 0) is 6.42 Å². The number of hydrogen-bond donors (Lipinski definition) is 1. The van der Waals surface area contributed by atoms with Crippen molar-refractivity contribution in [2.24, 2.45) is 5.73 Å². The van der Waals surface area contributed by atoms with Crippen molar-refractivity contribution in [1.82, 2.24) is 14.8 Å². The average Bonchev–Trinajstić information content (AvgIpc) is 2.65. The van der Waals surface area contributed by atoms with Crippen LogP contribution in [0.3, 0.4) is 0 Å². The van der Waals surface area contributed by atoms with Gasteiger partial charge >= 0.3 is 0 Å². The highest BCUT2D eigenvalue weighted by Gasteiger charge is 2.05. The van der Waals surface area contributed by atoms with Crippen molar-refractivity contribution < 1.29 is 0 Å². The minimum Gasteiger partial charge on any atom is -0.330 e. The van der Waals surface area contributed by atoms with Crippen LogP contribution in [0, 0.1) is 13.8 Å². The lowest BCUT2D eigenvalue weighted by molar-refractivity contribution is 0.829. The van der Waals surface area contributed by atoms with Crippen molar-refractivity contribution >= 4 is 0 Å². The lowest BCUT2D eigenvalue weighted by Gasteiger charge is -2.08. The van der Waals surface area contributed by atoms with Crippen LogP contribution in [0.2, 0.25) is 0 Å². The van der Waals surface area contributed by atoms with Gasteiger partial charge in [-0.15, -0.1) is 10.2 Å². The van der Waals surface area contributed by atoms with Crippen molar-refractivity contribution in [3.05, 3.63) is 41.5 Å². The molecule has 2 rings (SSSR count). The third-order valence-electron chi connectivity index (χ3n) is 2.47. The first kappa shape index (κ1) is 10.8. The summed E-state index contributed by atoms with van der Waals surface area (Å²) in [6, 6.07) is 6.39. The molecular formula is C12H16N4. The number of nitrogens with zero attached hydrogens (tertiary/aromatic N) is 3. The number of nitrogens with two attached hydrogens (primary N) is 1. The summed E-state index contributed by atoms with van der Waals surface area (Å²) < 4.78 is 1.99. The van der Waals surface area contributed by atoms with Crippen LogP contribution >= 0.6 is 0 Å². The molecule has 1 aromatic heterocycles. The van der Waals surface area contributed by atoms with E-state index in [1.54, 1.807) is 6.33 Å². The Labute approximate surface area is 95.1 Å². The molecule has 0 bridgehead atoms. The van der Waals surface area contributed by atoms with Gasteiger partial charge in [0.2, 0.25) is 0 Å². The number of hydrogen-bond acceptors (Lipinski definition) is 3. The maximum Gasteiger partial charge on any atom is 0.138 e. The fraction of sp³-hybridized carbons (Fsp3) is 0.333. The highest BCUT2D eigenvalue weighted by Crippen LogP contribution is 2.14. The summed E-state index contributed by atoms with van der Waals surface area (Å²) in [4.78, 5) is 0. The highest BCUT2D eigenvalue weighted by atomic mass is 15.3. The Kier molecular flexibility index (Phi) is 3.01. The Morgan fingerprint density at radius 1 is 1.19 bits per heavy atom. The second-order valence-corrected chi connectivity index (χ2v) is 4.00. The SMILES string of the molecule is Cc1cc(C)cc(-n2cnnc2CCN)c1. The minimum absolute atomic E-state index is 0.587.